The lowest BCUT2D eigenvalue weighted by atomic mass is 9.84. The van der Waals surface area contributed by atoms with Gasteiger partial charge >= 0.3 is 0 Å². The van der Waals surface area contributed by atoms with Crippen LogP contribution in [0.15, 0.2) is 88.5 Å². The molecular weight excluding hydrogens is 494 g/mol. The minimum absolute atomic E-state index is 0.235. The fraction of sp³-hybridized carbons (Fsp3) is 0.167. The van der Waals surface area contributed by atoms with E-state index >= 15 is 0 Å². The van der Waals surface area contributed by atoms with E-state index in [9.17, 15) is 14.9 Å². The van der Waals surface area contributed by atoms with Crippen LogP contribution >= 0.6 is 0 Å². The number of aromatic amines is 2. The van der Waals surface area contributed by atoms with Crippen molar-refractivity contribution in [3.8, 4) is 28.9 Å². The van der Waals surface area contributed by atoms with Gasteiger partial charge in [0.1, 0.15) is 6.07 Å². The van der Waals surface area contributed by atoms with Crippen LogP contribution < -0.4 is 20.6 Å². The second-order valence-electron chi connectivity index (χ2n) is 9.01. The predicted molar refractivity (Wildman–Crippen MR) is 147 cm³/mol. The van der Waals surface area contributed by atoms with E-state index < -0.39 is 5.92 Å². The second kappa shape index (κ2) is 10.6. The van der Waals surface area contributed by atoms with E-state index in [-0.39, 0.29) is 17.7 Å². The molecule has 39 heavy (non-hydrogen) atoms. The number of methoxy groups -OCH3 is 1. The molecule has 9 nitrogen and oxygen atoms in total. The van der Waals surface area contributed by atoms with Crippen LogP contribution in [0.25, 0.3) is 11.4 Å². The van der Waals surface area contributed by atoms with E-state index in [1.807, 2.05) is 66.7 Å². The first-order valence-corrected chi connectivity index (χ1v) is 12.4. The largest absolute Gasteiger partial charge is 0.493 e. The number of aromatic nitrogens is 4. The lowest BCUT2D eigenvalue weighted by molar-refractivity contribution is 0.326. The van der Waals surface area contributed by atoms with Crippen LogP contribution in [0.1, 0.15) is 34.0 Å². The Kier molecular flexibility index (Phi) is 6.93. The van der Waals surface area contributed by atoms with Crippen molar-refractivity contribution < 1.29 is 9.47 Å². The van der Waals surface area contributed by atoms with Crippen LogP contribution in [0, 0.1) is 25.2 Å². The zero-order valence-corrected chi connectivity index (χ0v) is 21.8. The first kappa shape index (κ1) is 25.4. The molecule has 3 aromatic carbocycles. The number of benzene rings is 3. The molecule has 2 N–H and O–H groups in total. The molecule has 2 heterocycles. The number of rotatable bonds is 8. The minimum atomic E-state index is -0.837. The first-order valence-electron chi connectivity index (χ1n) is 12.4. The van der Waals surface area contributed by atoms with Crippen LogP contribution in [-0.2, 0) is 0 Å². The van der Waals surface area contributed by atoms with Crippen LogP contribution in [0.2, 0.25) is 0 Å². The van der Waals surface area contributed by atoms with Gasteiger partial charge in [-0.25, -0.2) is 9.36 Å². The Labute approximate surface area is 224 Å². The highest BCUT2D eigenvalue weighted by Crippen LogP contribution is 2.41. The average Bonchev–Trinajstić information content (AvgIpc) is 3.43. The maximum atomic E-state index is 14.0. The highest BCUT2D eigenvalue weighted by molar-refractivity contribution is 5.56. The standard InChI is InChI=1S/C30H27N5O4/c1-19-25(29(36)34(32-19)21-11-6-4-7-12-21)27(23-15-10-16-24(38-3)28(23)39-18-17-31)26-20(2)33-35(30(26)37)22-13-8-5-9-14-22/h4-16,27,32-33H,18H2,1-3H3. The number of para-hydroxylation sites is 3. The number of nitriles is 1. The van der Waals surface area contributed by atoms with E-state index in [1.165, 1.54) is 16.5 Å². The van der Waals surface area contributed by atoms with Crippen molar-refractivity contribution in [2.45, 2.75) is 19.8 Å². The summed E-state index contributed by atoms with van der Waals surface area (Å²) in [4.78, 5) is 28.1. The van der Waals surface area contributed by atoms with E-state index in [1.54, 1.807) is 32.0 Å². The minimum Gasteiger partial charge on any atom is -0.493 e. The zero-order chi connectivity index (χ0) is 27.5. The molecule has 0 unspecified atom stereocenters. The number of nitrogens with one attached hydrogen (secondary N) is 2. The third kappa shape index (κ3) is 4.53. The summed E-state index contributed by atoms with van der Waals surface area (Å²) in [7, 11) is 1.50. The smallest absolute Gasteiger partial charge is 0.275 e. The SMILES string of the molecule is COc1cccc(C(c2c(C)[nH]n(-c3ccccc3)c2=O)c2c(C)[nH]n(-c3ccccc3)c2=O)c1OCC#N. The molecule has 0 spiro atoms. The van der Waals surface area contributed by atoms with Gasteiger partial charge in [-0.2, -0.15) is 5.26 Å². The van der Waals surface area contributed by atoms with E-state index in [0.717, 1.165) is 0 Å². The van der Waals surface area contributed by atoms with Crippen molar-refractivity contribution >= 4 is 0 Å². The summed E-state index contributed by atoms with van der Waals surface area (Å²) in [6, 6.07) is 25.7. The van der Waals surface area contributed by atoms with Crippen LogP contribution in [0.5, 0.6) is 11.5 Å². The molecule has 9 heteroatoms. The van der Waals surface area contributed by atoms with Crippen molar-refractivity contribution in [1.29, 1.82) is 5.26 Å². The summed E-state index contributed by atoms with van der Waals surface area (Å²) in [5.41, 5.74) is 3.20. The fourth-order valence-electron chi connectivity index (χ4n) is 4.95. The summed E-state index contributed by atoms with van der Waals surface area (Å²) in [6.07, 6.45) is 0. The lowest BCUT2D eigenvalue weighted by Crippen LogP contribution is -2.25. The topological polar surface area (TPSA) is 118 Å². The highest BCUT2D eigenvalue weighted by Gasteiger charge is 2.33. The summed E-state index contributed by atoms with van der Waals surface area (Å²) < 4.78 is 14.3. The maximum Gasteiger partial charge on any atom is 0.275 e. The van der Waals surface area contributed by atoms with Gasteiger partial charge in [0.25, 0.3) is 11.1 Å². The second-order valence-corrected chi connectivity index (χ2v) is 9.01. The van der Waals surface area contributed by atoms with Gasteiger partial charge in [0, 0.05) is 17.0 Å². The molecule has 0 bridgehead atoms. The molecule has 0 aliphatic heterocycles. The van der Waals surface area contributed by atoms with E-state index in [0.29, 0.717) is 51.0 Å². The van der Waals surface area contributed by atoms with Gasteiger partial charge in [0.05, 0.1) is 35.5 Å². The van der Waals surface area contributed by atoms with Crippen molar-refractivity contribution in [3.63, 3.8) is 0 Å². The fourth-order valence-corrected chi connectivity index (χ4v) is 4.95. The average molecular weight is 522 g/mol. The summed E-state index contributed by atoms with van der Waals surface area (Å²) in [5.74, 6) is -0.152. The Morgan fingerprint density at radius 3 is 1.77 bits per heavy atom. The molecular formula is C30H27N5O4. The summed E-state index contributed by atoms with van der Waals surface area (Å²) >= 11 is 0. The highest BCUT2D eigenvalue weighted by atomic mass is 16.5. The molecule has 196 valence electrons. The Morgan fingerprint density at radius 2 is 1.31 bits per heavy atom. The zero-order valence-electron chi connectivity index (χ0n) is 21.8. The van der Waals surface area contributed by atoms with Gasteiger partial charge in [-0.15, -0.1) is 0 Å². The molecule has 0 radical (unpaired) electrons. The van der Waals surface area contributed by atoms with Crippen molar-refractivity contribution in [1.82, 2.24) is 19.6 Å². The number of H-pyrrole nitrogens is 2. The Balaban J connectivity index is 1.83. The van der Waals surface area contributed by atoms with E-state index in [2.05, 4.69) is 10.2 Å². The van der Waals surface area contributed by atoms with Crippen LogP contribution in [0.3, 0.4) is 0 Å². The molecule has 0 saturated carbocycles. The van der Waals surface area contributed by atoms with Gasteiger partial charge in [0.15, 0.2) is 18.1 Å². The molecule has 2 aromatic heterocycles. The van der Waals surface area contributed by atoms with Gasteiger partial charge in [0.2, 0.25) is 0 Å². The summed E-state index contributed by atoms with van der Waals surface area (Å²) in [5, 5.41) is 15.6. The summed E-state index contributed by atoms with van der Waals surface area (Å²) in [6.45, 7) is 3.37. The van der Waals surface area contributed by atoms with Crippen molar-refractivity contribution in [2.24, 2.45) is 0 Å². The molecule has 0 aliphatic rings. The molecule has 0 amide bonds. The Bertz CT molecular complexity index is 1670. The molecule has 0 atom stereocenters. The normalized spacial score (nSPS) is 10.9. The van der Waals surface area contributed by atoms with E-state index in [4.69, 9.17) is 9.47 Å². The van der Waals surface area contributed by atoms with Crippen LogP contribution in [0.4, 0.5) is 0 Å². The lowest BCUT2D eigenvalue weighted by Gasteiger charge is -2.20. The Morgan fingerprint density at radius 1 is 0.795 bits per heavy atom. The molecule has 0 saturated heterocycles. The molecule has 0 aliphatic carbocycles. The van der Waals surface area contributed by atoms with Gasteiger partial charge < -0.3 is 9.47 Å². The maximum absolute atomic E-state index is 14.0. The Hall–Kier alpha value is -5.23. The quantitative estimate of drug-likeness (QED) is 0.315. The number of ether oxygens (including phenoxy) is 2. The first-order chi connectivity index (χ1) is 19.0. The van der Waals surface area contributed by atoms with Gasteiger partial charge in [-0.3, -0.25) is 19.8 Å². The van der Waals surface area contributed by atoms with Crippen molar-refractivity contribution in [3.05, 3.63) is 128 Å². The third-order valence-electron chi connectivity index (χ3n) is 6.66. The monoisotopic (exact) mass is 521 g/mol. The number of hydrogen-bond donors (Lipinski definition) is 2. The molecule has 5 rings (SSSR count). The molecule has 0 fully saturated rings. The van der Waals surface area contributed by atoms with Crippen molar-refractivity contribution in [2.75, 3.05) is 13.7 Å². The predicted octanol–water partition coefficient (Wildman–Crippen LogP) is 4.35. The van der Waals surface area contributed by atoms with Gasteiger partial charge in [-0.1, -0.05) is 48.5 Å². The molecule has 5 aromatic rings. The number of nitrogens with zero attached hydrogens (tertiary/aromatic N) is 3. The van der Waals surface area contributed by atoms with Crippen LogP contribution in [-0.4, -0.2) is 33.3 Å². The number of aryl methyl sites for hydroxylation is 2. The van der Waals surface area contributed by atoms with Gasteiger partial charge in [-0.05, 0) is 44.2 Å². The third-order valence-corrected chi connectivity index (χ3v) is 6.66. The number of hydrogen-bond acceptors (Lipinski definition) is 5.